The van der Waals surface area contributed by atoms with Crippen molar-refractivity contribution in [3.63, 3.8) is 0 Å². The van der Waals surface area contributed by atoms with Crippen LogP contribution in [0.15, 0.2) is 89.7 Å². The number of thioether (sulfide) groups is 1. The van der Waals surface area contributed by atoms with Crippen LogP contribution in [0.1, 0.15) is 25.5 Å². The zero-order valence-electron chi connectivity index (χ0n) is 23.5. The fourth-order valence-corrected chi connectivity index (χ4v) is 6.82. The fraction of sp³-hybridized carbons (Fsp3) is 0.281. The first kappa shape index (κ1) is 27.2. The van der Waals surface area contributed by atoms with Crippen molar-refractivity contribution in [2.75, 3.05) is 18.2 Å². The van der Waals surface area contributed by atoms with Crippen molar-refractivity contribution in [3.05, 3.63) is 95.6 Å². The number of methoxy groups -OCH3 is 1. The third-order valence-electron chi connectivity index (χ3n) is 7.70. The van der Waals surface area contributed by atoms with Crippen LogP contribution in [-0.4, -0.2) is 50.4 Å². The third-order valence-corrected chi connectivity index (χ3v) is 9.07. The second-order valence-electron chi connectivity index (χ2n) is 10.9. The van der Waals surface area contributed by atoms with E-state index >= 15 is 0 Å². The molecule has 214 valence electrons. The summed E-state index contributed by atoms with van der Waals surface area (Å²) in [6.45, 7) is 4.62. The van der Waals surface area contributed by atoms with E-state index in [9.17, 15) is 0 Å². The van der Waals surface area contributed by atoms with Crippen molar-refractivity contribution in [1.29, 1.82) is 0 Å². The number of hydrogen-bond acceptors (Lipinski definition) is 8. The number of ether oxygens (including phenoxy) is 3. The highest BCUT2D eigenvalue weighted by molar-refractivity contribution is 7.99. The van der Waals surface area contributed by atoms with Gasteiger partial charge in [-0.15, -0.1) is 11.8 Å². The highest BCUT2D eigenvalue weighted by Crippen LogP contribution is 2.45. The molecule has 0 bridgehead atoms. The fourth-order valence-electron chi connectivity index (χ4n) is 5.67. The van der Waals surface area contributed by atoms with Crippen LogP contribution >= 0.6 is 23.4 Å². The lowest BCUT2D eigenvalue weighted by atomic mass is 10.1. The molecule has 5 aromatic rings. The second kappa shape index (κ2) is 10.9. The number of halogens is 1. The van der Waals surface area contributed by atoms with Gasteiger partial charge in [-0.2, -0.15) is 0 Å². The summed E-state index contributed by atoms with van der Waals surface area (Å²) in [6.07, 6.45) is 5.46. The minimum atomic E-state index is -0.671. The second-order valence-corrected chi connectivity index (χ2v) is 12.3. The normalized spacial score (nSPS) is 21.0. The van der Waals surface area contributed by atoms with E-state index in [2.05, 4.69) is 62.3 Å². The molecule has 4 heterocycles. The first-order valence-corrected chi connectivity index (χ1v) is 15.2. The van der Waals surface area contributed by atoms with Crippen molar-refractivity contribution in [2.24, 2.45) is 0 Å². The first-order valence-electron chi connectivity index (χ1n) is 13.8. The molecule has 3 aromatic heterocycles. The van der Waals surface area contributed by atoms with Gasteiger partial charge in [0, 0.05) is 28.8 Å². The zero-order chi connectivity index (χ0) is 28.8. The summed E-state index contributed by atoms with van der Waals surface area (Å²) in [7, 11) is 1.67. The van der Waals surface area contributed by atoms with Gasteiger partial charge in [-0.25, -0.2) is 15.0 Å². The molecule has 1 fully saturated rings. The Kier molecular flexibility index (Phi) is 7.06. The lowest BCUT2D eigenvalue weighted by molar-refractivity contribution is -0.147. The summed E-state index contributed by atoms with van der Waals surface area (Å²) in [4.78, 5) is 14.7. The Morgan fingerprint density at radius 3 is 2.71 bits per heavy atom. The quantitative estimate of drug-likeness (QED) is 0.115. The average Bonchev–Trinajstić information content (AvgIpc) is 3.66. The van der Waals surface area contributed by atoms with Crippen LogP contribution in [0.2, 0.25) is 5.15 Å². The van der Waals surface area contributed by atoms with Gasteiger partial charge in [0.05, 0.1) is 24.1 Å². The standard InChI is InChI=1S/C32H30ClN5O3S/c1-32(2)40-28-21(14-26(29(28)41-32)38-13-12-24-30(33)35-18-36-31(24)38)17-42-23-10-6-20-7-11-27(37-25(20)15-23)34-16-19-4-8-22(39-3)9-5-19/h4-15,18,26,28-29H,16-17H2,1-3H3,(H,34,37)/t26-,28-,29+/m1/s1. The van der Waals surface area contributed by atoms with Crippen molar-refractivity contribution in [3.8, 4) is 5.75 Å². The van der Waals surface area contributed by atoms with Gasteiger partial charge in [-0.05, 0) is 67.4 Å². The maximum Gasteiger partial charge on any atom is 0.164 e. The van der Waals surface area contributed by atoms with E-state index in [-0.39, 0.29) is 18.2 Å². The average molecular weight is 600 g/mol. The molecule has 42 heavy (non-hydrogen) atoms. The molecule has 1 aliphatic heterocycles. The minimum absolute atomic E-state index is 0.0616. The Morgan fingerprint density at radius 2 is 1.88 bits per heavy atom. The van der Waals surface area contributed by atoms with Gasteiger partial charge in [0.25, 0.3) is 0 Å². The smallest absolute Gasteiger partial charge is 0.164 e. The van der Waals surface area contributed by atoms with Crippen molar-refractivity contribution in [1.82, 2.24) is 19.5 Å². The molecule has 0 saturated carbocycles. The summed E-state index contributed by atoms with van der Waals surface area (Å²) in [5.41, 5.74) is 4.10. The number of nitrogens with one attached hydrogen (secondary N) is 1. The van der Waals surface area contributed by atoms with Crippen LogP contribution in [0.5, 0.6) is 5.75 Å². The van der Waals surface area contributed by atoms with Crippen molar-refractivity contribution < 1.29 is 14.2 Å². The molecule has 0 radical (unpaired) electrons. The van der Waals surface area contributed by atoms with E-state index < -0.39 is 5.79 Å². The van der Waals surface area contributed by atoms with E-state index in [0.717, 1.165) is 49.7 Å². The molecule has 1 saturated heterocycles. The first-order chi connectivity index (χ1) is 20.4. The number of hydrogen-bond donors (Lipinski definition) is 1. The number of aromatic nitrogens is 4. The maximum absolute atomic E-state index is 6.40. The Bertz CT molecular complexity index is 1810. The van der Waals surface area contributed by atoms with Gasteiger partial charge >= 0.3 is 0 Å². The lowest BCUT2D eigenvalue weighted by Crippen LogP contribution is -2.28. The Labute approximate surface area is 253 Å². The molecule has 2 aromatic carbocycles. The highest BCUT2D eigenvalue weighted by Gasteiger charge is 2.50. The summed E-state index contributed by atoms with van der Waals surface area (Å²) < 4.78 is 20.2. The van der Waals surface area contributed by atoms with Gasteiger partial charge in [0.1, 0.15) is 40.9 Å². The molecule has 0 unspecified atom stereocenters. The number of nitrogens with zero attached hydrogens (tertiary/aromatic N) is 4. The van der Waals surface area contributed by atoms with Crippen molar-refractivity contribution in [2.45, 2.75) is 49.3 Å². The number of benzene rings is 2. The molecule has 1 N–H and O–H groups in total. The van der Waals surface area contributed by atoms with Crippen LogP contribution in [-0.2, 0) is 16.0 Å². The predicted molar refractivity (Wildman–Crippen MR) is 166 cm³/mol. The predicted octanol–water partition coefficient (Wildman–Crippen LogP) is 7.05. The van der Waals surface area contributed by atoms with Crippen LogP contribution in [0, 0.1) is 0 Å². The summed E-state index contributed by atoms with van der Waals surface area (Å²) in [6, 6.07) is 20.5. The Morgan fingerprint density at radius 1 is 1.05 bits per heavy atom. The molecule has 10 heteroatoms. The van der Waals surface area contributed by atoms with Crippen LogP contribution in [0.3, 0.4) is 0 Å². The topological polar surface area (TPSA) is 83.3 Å². The molecule has 0 amide bonds. The molecular formula is C32H30ClN5O3S. The zero-order valence-corrected chi connectivity index (χ0v) is 25.0. The monoisotopic (exact) mass is 599 g/mol. The SMILES string of the molecule is COc1ccc(CNc2ccc3ccc(SCC4=C[C@@H](n5ccc6c(Cl)ncnc65)[C@@H]5OC(C)(C)O[C@H]45)cc3n2)cc1. The summed E-state index contributed by atoms with van der Waals surface area (Å²) >= 11 is 8.11. The van der Waals surface area contributed by atoms with E-state index in [1.54, 1.807) is 18.9 Å². The van der Waals surface area contributed by atoms with Gasteiger partial charge in [-0.3, -0.25) is 0 Å². The van der Waals surface area contributed by atoms with Gasteiger partial charge < -0.3 is 24.1 Å². The van der Waals surface area contributed by atoms with E-state index in [4.69, 9.17) is 30.8 Å². The number of pyridine rings is 1. The van der Waals surface area contributed by atoms with Crippen LogP contribution in [0.4, 0.5) is 5.82 Å². The maximum atomic E-state index is 6.40. The number of rotatable bonds is 8. The van der Waals surface area contributed by atoms with Gasteiger partial charge in [-0.1, -0.05) is 35.9 Å². The molecule has 7 rings (SSSR count). The molecule has 3 atom stereocenters. The van der Waals surface area contributed by atoms with Crippen molar-refractivity contribution >= 4 is 51.1 Å². The van der Waals surface area contributed by atoms with E-state index in [0.29, 0.717) is 11.7 Å². The minimum Gasteiger partial charge on any atom is -0.497 e. The molecule has 8 nitrogen and oxygen atoms in total. The summed E-state index contributed by atoms with van der Waals surface area (Å²) in [5, 5.41) is 5.81. The summed E-state index contributed by atoms with van der Waals surface area (Å²) in [5.74, 6) is 1.79. The lowest BCUT2D eigenvalue weighted by Gasteiger charge is -2.22. The molecule has 1 aliphatic carbocycles. The van der Waals surface area contributed by atoms with E-state index in [1.807, 2.05) is 44.3 Å². The van der Waals surface area contributed by atoms with Gasteiger partial charge in [0.2, 0.25) is 0 Å². The molecule has 0 spiro atoms. The molecular weight excluding hydrogens is 570 g/mol. The Hall–Kier alpha value is -3.63. The van der Waals surface area contributed by atoms with Crippen LogP contribution < -0.4 is 10.1 Å². The highest BCUT2D eigenvalue weighted by atomic mass is 35.5. The molecule has 2 aliphatic rings. The number of fused-ring (bicyclic) bond motifs is 3. The number of anilines is 1. The third kappa shape index (κ3) is 5.22. The van der Waals surface area contributed by atoms with Crippen LogP contribution in [0.25, 0.3) is 21.9 Å². The largest absolute Gasteiger partial charge is 0.497 e. The van der Waals surface area contributed by atoms with E-state index in [1.165, 1.54) is 11.9 Å². The Balaban J connectivity index is 1.09. The van der Waals surface area contributed by atoms with Gasteiger partial charge in [0.15, 0.2) is 5.79 Å².